The Morgan fingerprint density at radius 1 is 1.50 bits per heavy atom. The van der Waals surface area contributed by atoms with Gasteiger partial charge in [0.05, 0.1) is 0 Å². The molecule has 1 fully saturated rings. The maximum atomic E-state index is 11.8. The predicted molar refractivity (Wildman–Crippen MR) is 56.3 cm³/mol. The molecule has 0 spiro atoms. The lowest BCUT2D eigenvalue weighted by molar-refractivity contribution is -0.126. The maximum Gasteiger partial charge on any atom is 0.137 e. The van der Waals surface area contributed by atoms with Crippen LogP contribution >= 0.6 is 0 Å². The number of carbonyl (C=O) groups excluding carboxylic acids is 1. The highest BCUT2D eigenvalue weighted by Gasteiger charge is 2.22. The minimum atomic E-state index is 0.254. The Labute approximate surface area is 86.2 Å². The van der Waals surface area contributed by atoms with E-state index in [-0.39, 0.29) is 5.92 Å². The highest BCUT2D eigenvalue weighted by atomic mass is 16.5. The van der Waals surface area contributed by atoms with Crippen LogP contribution in [0.25, 0.3) is 0 Å². The maximum absolute atomic E-state index is 11.8. The standard InChI is InChI=1S/C11H21NO2/c1-3-12-9(2)8-11(13)10-4-6-14-7-5-10/h9-10,12H,3-8H2,1-2H3. The first-order chi connectivity index (χ1) is 6.74. The predicted octanol–water partition coefficient (Wildman–Crippen LogP) is 1.37. The van der Waals surface area contributed by atoms with Crippen LogP contribution in [0, 0.1) is 5.92 Å². The molecule has 1 atom stereocenters. The second-order valence-corrected chi connectivity index (χ2v) is 4.02. The molecule has 0 bridgehead atoms. The van der Waals surface area contributed by atoms with Gasteiger partial charge in [-0.3, -0.25) is 4.79 Å². The fraction of sp³-hybridized carbons (Fsp3) is 0.909. The van der Waals surface area contributed by atoms with Crippen molar-refractivity contribution < 1.29 is 9.53 Å². The molecular formula is C11H21NO2. The Bertz CT molecular complexity index is 176. The van der Waals surface area contributed by atoms with E-state index in [0.29, 0.717) is 18.2 Å². The van der Waals surface area contributed by atoms with Gasteiger partial charge in [-0.15, -0.1) is 0 Å². The van der Waals surface area contributed by atoms with Crippen molar-refractivity contribution in [3.05, 3.63) is 0 Å². The average Bonchev–Trinajstić information content (AvgIpc) is 2.19. The number of carbonyl (C=O) groups is 1. The largest absolute Gasteiger partial charge is 0.381 e. The van der Waals surface area contributed by atoms with Crippen molar-refractivity contribution in [1.82, 2.24) is 5.32 Å². The van der Waals surface area contributed by atoms with Gasteiger partial charge in [-0.2, -0.15) is 0 Å². The summed E-state index contributed by atoms with van der Waals surface area (Å²) in [5, 5.41) is 3.26. The number of hydrogen-bond acceptors (Lipinski definition) is 3. The van der Waals surface area contributed by atoms with Gasteiger partial charge < -0.3 is 10.1 Å². The lowest BCUT2D eigenvalue weighted by Gasteiger charge is -2.22. The van der Waals surface area contributed by atoms with Crippen molar-refractivity contribution in [2.24, 2.45) is 5.92 Å². The van der Waals surface area contributed by atoms with Crippen LogP contribution in [0.4, 0.5) is 0 Å². The van der Waals surface area contributed by atoms with Crippen molar-refractivity contribution >= 4 is 5.78 Å². The molecule has 1 unspecified atom stereocenters. The Hall–Kier alpha value is -0.410. The molecule has 14 heavy (non-hydrogen) atoms. The van der Waals surface area contributed by atoms with E-state index in [9.17, 15) is 4.79 Å². The summed E-state index contributed by atoms with van der Waals surface area (Å²) in [4.78, 5) is 11.8. The quantitative estimate of drug-likeness (QED) is 0.726. The smallest absolute Gasteiger partial charge is 0.137 e. The fourth-order valence-corrected chi connectivity index (χ4v) is 1.91. The van der Waals surface area contributed by atoms with Gasteiger partial charge in [-0.1, -0.05) is 6.92 Å². The van der Waals surface area contributed by atoms with Gasteiger partial charge in [-0.05, 0) is 26.3 Å². The zero-order chi connectivity index (χ0) is 10.4. The summed E-state index contributed by atoms with van der Waals surface area (Å²) in [6, 6.07) is 0.315. The molecule has 3 nitrogen and oxygen atoms in total. The van der Waals surface area contributed by atoms with E-state index in [2.05, 4.69) is 19.2 Å². The molecule has 0 radical (unpaired) electrons. The number of rotatable bonds is 5. The molecule has 82 valence electrons. The summed E-state index contributed by atoms with van der Waals surface area (Å²) in [6.45, 7) is 6.58. The SMILES string of the molecule is CCNC(C)CC(=O)C1CCOCC1. The first-order valence-corrected chi connectivity index (χ1v) is 5.58. The van der Waals surface area contributed by atoms with Gasteiger partial charge in [-0.25, -0.2) is 0 Å². The molecule has 1 saturated heterocycles. The Morgan fingerprint density at radius 2 is 2.14 bits per heavy atom. The molecule has 1 N–H and O–H groups in total. The average molecular weight is 199 g/mol. The van der Waals surface area contributed by atoms with Crippen molar-refractivity contribution in [2.75, 3.05) is 19.8 Å². The van der Waals surface area contributed by atoms with Crippen LogP contribution in [-0.4, -0.2) is 31.6 Å². The molecule has 0 aromatic heterocycles. The second kappa shape index (κ2) is 6.14. The lowest BCUT2D eigenvalue weighted by atomic mass is 9.92. The van der Waals surface area contributed by atoms with Crippen LogP contribution in [0.15, 0.2) is 0 Å². The molecule has 3 heteroatoms. The van der Waals surface area contributed by atoms with Gasteiger partial charge in [0.15, 0.2) is 0 Å². The van der Waals surface area contributed by atoms with E-state index in [0.717, 1.165) is 32.6 Å². The second-order valence-electron chi connectivity index (χ2n) is 4.02. The third kappa shape index (κ3) is 3.76. The first kappa shape index (κ1) is 11.7. The number of Topliss-reactive ketones (excluding diaryl/α,β-unsaturated/α-hetero) is 1. The minimum Gasteiger partial charge on any atom is -0.381 e. The van der Waals surface area contributed by atoms with E-state index in [1.165, 1.54) is 0 Å². The van der Waals surface area contributed by atoms with Crippen molar-refractivity contribution in [1.29, 1.82) is 0 Å². The lowest BCUT2D eigenvalue weighted by Crippen LogP contribution is -2.32. The molecular weight excluding hydrogens is 178 g/mol. The molecule has 1 rings (SSSR count). The van der Waals surface area contributed by atoms with Crippen LogP contribution in [0.5, 0.6) is 0 Å². The molecule has 0 saturated carbocycles. The number of ketones is 1. The normalized spacial score (nSPS) is 20.7. The third-order valence-electron chi connectivity index (χ3n) is 2.74. The number of nitrogens with one attached hydrogen (secondary N) is 1. The van der Waals surface area contributed by atoms with Crippen LogP contribution in [0.3, 0.4) is 0 Å². The fourth-order valence-electron chi connectivity index (χ4n) is 1.91. The Morgan fingerprint density at radius 3 is 2.71 bits per heavy atom. The minimum absolute atomic E-state index is 0.254. The van der Waals surface area contributed by atoms with Crippen molar-refractivity contribution in [3.63, 3.8) is 0 Å². The van der Waals surface area contributed by atoms with Crippen LogP contribution < -0.4 is 5.32 Å². The summed E-state index contributed by atoms with van der Waals surface area (Å²) >= 11 is 0. The zero-order valence-corrected chi connectivity index (χ0v) is 9.21. The van der Waals surface area contributed by atoms with Crippen LogP contribution in [-0.2, 0) is 9.53 Å². The van der Waals surface area contributed by atoms with Crippen LogP contribution in [0.2, 0.25) is 0 Å². The molecule has 0 aromatic rings. The molecule has 0 aliphatic carbocycles. The van der Waals surface area contributed by atoms with Crippen molar-refractivity contribution in [2.45, 2.75) is 39.2 Å². The molecule has 1 heterocycles. The zero-order valence-electron chi connectivity index (χ0n) is 9.21. The summed E-state index contributed by atoms with van der Waals surface area (Å²) in [5.74, 6) is 0.659. The van der Waals surface area contributed by atoms with E-state index < -0.39 is 0 Å². The summed E-state index contributed by atoms with van der Waals surface area (Å²) in [7, 11) is 0. The topological polar surface area (TPSA) is 38.3 Å². The first-order valence-electron chi connectivity index (χ1n) is 5.58. The van der Waals surface area contributed by atoms with E-state index in [4.69, 9.17) is 4.74 Å². The summed E-state index contributed by atoms with van der Waals surface area (Å²) < 4.78 is 5.23. The Kier molecular flexibility index (Phi) is 5.12. The number of ether oxygens (including phenoxy) is 1. The summed E-state index contributed by atoms with van der Waals surface area (Å²) in [5.41, 5.74) is 0. The monoisotopic (exact) mass is 199 g/mol. The molecule has 0 aromatic carbocycles. The van der Waals surface area contributed by atoms with Crippen molar-refractivity contribution in [3.8, 4) is 0 Å². The van der Waals surface area contributed by atoms with Gasteiger partial charge in [0.2, 0.25) is 0 Å². The highest BCUT2D eigenvalue weighted by Crippen LogP contribution is 2.17. The van der Waals surface area contributed by atoms with E-state index in [1.54, 1.807) is 0 Å². The van der Waals surface area contributed by atoms with Gasteiger partial charge in [0.25, 0.3) is 0 Å². The van der Waals surface area contributed by atoms with Gasteiger partial charge in [0, 0.05) is 31.6 Å². The highest BCUT2D eigenvalue weighted by molar-refractivity contribution is 5.81. The third-order valence-corrected chi connectivity index (χ3v) is 2.74. The van der Waals surface area contributed by atoms with Gasteiger partial charge >= 0.3 is 0 Å². The molecule has 0 amide bonds. The van der Waals surface area contributed by atoms with Crippen LogP contribution in [0.1, 0.15) is 33.1 Å². The summed E-state index contributed by atoms with van der Waals surface area (Å²) in [6.07, 6.45) is 2.49. The Balaban J connectivity index is 2.25. The van der Waals surface area contributed by atoms with E-state index >= 15 is 0 Å². The van der Waals surface area contributed by atoms with Gasteiger partial charge in [0.1, 0.15) is 5.78 Å². The number of hydrogen-bond donors (Lipinski definition) is 1. The molecule has 1 aliphatic rings. The van der Waals surface area contributed by atoms with E-state index in [1.807, 2.05) is 0 Å². The molecule has 1 aliphatic heterocycles.